The molecule has 0 spiro atoms. The number of aromatic nitrogens is 3. The molecule has 0 aliphatic rings. The Morgan fingerprint density at radius 3 is 2.31 bits per heavy atom. The van der Waals surface area contributed by atoms with Gasteiger partial charge in [0, 0.05) is 11.4 Å². The van der Waals surface area contributed by atoms with Gasteiger partial charge < -0.3 is 0 Å². The molecule has 1 aromatic heterocycles. The molecular formula is C24H18FN5OS. The van der Waals surface area contributed by atoms with E-state index >= 15 is 0 Å². The van der Waals surface area contributed by atoms with Crippen LogP contribution < -0.4 is 4.90 Å². The standard InChI is InChI=1S/C24H18FN5OS/c25-21-14-8-7-13-20(21)23-27-28-24(30(23)19-11-5-2-6-12-19)32-17-22(31)29(16-15-26)18-9-3-1-4-10-18/h1-14H,16-17H2. The number of anilines is 1. The molecule has 32 heavy (non-hydrogen) atoms. The number of thioether (sulfide) groups is 1. The quantitative estimate of drug-likeness (QED) is 0.305. The topological polar surface area (TPSA) is 74.8 Å². The molecule has 0 radical (unpaired) electrons. The molecule has 6 nitrogen and oxygen atoms in total. The summed E-state index contributed by atoms with van der Waals surface area (Å²) in [5.41, 5.74) is 1.72. The first-order valence-electron chi connectivity index (χ1n) is 9.80. The first-order valence-corrected chi connectivity index (χ1v) is 10.8. The van der Waals surface area contributed by atoms with E-state index in [1.165, 1.54) is 22.7 Å². The molecule has 0 fully saturated rings. The third kappa shape index (κ3) is 4.53. The third-order valence-electron chi connectivity index (χ3n) is 4.68. The molecule has 0 N–H and O–H groups in total. The molecule has 0 saturated heterocycles. The van der Waals surface area contributed by atoms with E-state index in [1.807, 2.05) is 54.6 Å². The predicted molar refractivity (Wildman–Crippen MR) is 122 cm³/mol. The van der Waals surface area contributed by atoms with Crippen molar-refractivity contribution in [3.63, 3.8) is 0 Å². The molecule has 0 unspecified atom stereocenters. The molecule has 4 rings (SSSR count). The van der Waals surface area contributed by atoms with Crippen LogP contribution in [0.2, 0.25) is 0 Å². The number of halogens is 1. The Morgan fingerprint density at radius 2 is 1.62 bits per heavy atom. The van der Waals surface area contributed by atoms with Gasteiger partial charge in [-0.25, -0.2) is 4.39 Å². The van der Waals surface area contributed by atoms with Crippen LogP contribution in [0.3, 0.4) is 0 Å². The summed E-state index contributed by atoms with van der Waals surface area (Å²) in [5, 5.41) is 18.1. The van der Waals surface area contributed by atoms with Gasteiger partial charge in [0.15, 0.2) is 11.0 Å². The van der Waals surface area contributed by atoms with E-state index in [4.69, 9.17) is 5.26 Å². The number of nitrogens with zero attached hydrogens (tertiary/aromatic N) is 5. The molecule has 0 aliphatic heterocycles. The van der Waals surface area contributed by atoms with Gasteiger partial charge in [-0.15, -0.1) is 10.2 Å². The molecule has 3 aromatic carbocycles. The van der Waals surface area contributed by atoms with Crippen LogP contribution in [0.4, 0.5) is 10.1 Å². The lowest BCUT2D eigenvalue weighted by Gasteiger charge is -2.19. The van der Waals surface area contributed by atoms with Gasteiger partial charge in [-0.2, -0.15) is 5.26 Å². The molecule has 1 heterocycles. The van der Waals surface area contributed by atoms with Crippen LogP contribution in [0.1, 0.15) is 0 Å². The fourth-order valence-corrected chi connectivity index (χ4v) is 4.02. The van der Waals surface area contributed by atoms with Gasteiger partial charge in [-0.3, -0.25) is 14.3 Å². The number of hydrogen-bond donors (Lipinski definition) is 0. The Hall–Kier alpha value is -3.96. The van der Waals surface area contributed by atoms with Crippen LogP contribution in [0.5, 0.6) is 0 Å². The fraction of sp³-hybridized carbons (Fsp3) is 0.0833. The molecule has 1 amide bonds. The summed E-state index contributed by atoms with van der Waals surface area (Å²) >= 11 is 1.19. The average Bonchev–Trinajstić information content (AvgIpc) is 3.26. The Morgan fingerprint density at radius 1 is 0.969 bits per heavy atom. The van der Waals surface area contributed by atoms with Crippen molar-refractivity contribution in [1.29, 1.82) is 5.26 Å². The summed E-state index contributed by atoms with van der Waals surface area (Å²) in [4.78, 5) is 14.3. The fourth-order valence-electron chi connectivity index (χ4n) is 3.20. The Bertz CT molecular complexity index is 1250. The molecule has 0 saturated carbocycles. The summed E-state index contributed by atoms with van der Waals surface area (Å²) in [5.74, 6) is -0.258. The highest BCUT2D eigenvalue weighted by Gasteiger charge is 2.21. The number of carbonyl (C=O) groups is 1. The van der Waals surface area contributed by atoms with Crippen molar-refractivity contribution in [2.24, 2.45) is 0 Å². The van der Waals surface area contributed by atoms with Crippen molar-refractivity contribution >= 4 is 23.4 Å². The van der Waals surface area contributed by atoms with Crippen molar-refractivity contribution < 1.29 is 9.18 Å². The smallest absolute Gasteiger partial charge is 0.238 e. The second kappa shape index (κ2) is 9.90. The zero-order chi connectivity index (χ0) is 22.3. The van der Waals surface area contributed by atoms with E-state index in [-0.39, 0.29) is 18.2 Å². The normalized spacial score (nSPS) is 10.5. The number of benzene rings is 3. The van der Waals surface area contributed by atoms with Crippen molar-refractivity contribution in [3.05, 3.63) is 90.7 Å². The summed E-state index contributed by atoms with van der Waals surface area (Å²) < 4.78 is 16.2. The minimum absolute atomic E-state index is 0.0405. The molecule has 0 atom stereocenters. The first-order chi connectivity index (χ1) is 15.7. The number of carbonyl (C=O) groups excluding carboxylic acids is 1. The van der Waals surface area contributed by atoms with Crippen molar-refractivity contribution in [1.82, 2.24) is 14.8 Å². The first kappa shape index (κ1) is 21.3. The summed E-state index contributed by atoms with van der Waals surface area (Å²) in [6, 6.07) is 26.8. The minimum atomic E-state index is -0.408. The van der Waals surface area contributed by atoms with Crippen LogP contribution in [0.15, 0.2) is 90.1 Å². The summed E-state index contributed by atoms with van der Waals surface area (Å²) in [6.45, 7) is -0.0603. The molecule has 4 aromatic rings. The van der Waals surface area contributed by atoms with Gasteiger partial charge in [0.2, 0.25) is 5.91 Å². The molecule has 158 valence electrons. The van der Waals surface area contributed by atoms with Gasteiger partial charge in [-0.1, -0.05) is 60.3 Å². The van der Waals surface area contributed by atoms with E-state index in [9.17, 15) is 9.18 Å². The second-order valence-corrected chi connectivity index (χ2v) is 7.66. The molecule has 0 bridgehead atoms. The molecule has 8 heteroatoms. The zero-order valence-electron chi connectivity index (χ0n) is 16.9. The van der Waals surface area contributed by atoms with Crippen LogP contribution in [0, 0.1) is 17.1 Å². The minimum Gasteiger partial charge on any atom is -0.298 e. The summed E-state index contributed by atoms with van der Waals surface area (Å²) in [6.07, 6.45) is 0. The monoisotopic (exact) mass is 443 g/mol. The molecule has 0 aliphatic carbocycles. The van der Waals surface area contributed by atoms with Gasteiger partial charge in [0.05, 0.1) is 17.4 Å². The highest BCUT2D eigenvalue weighted by atomic mass is 32.2. The van der Waals surface area contributed by atoms with Gasteiger partial charge in [0.25, 0.3) is 0 Å². The summed E-state index contributed by atoms with van der Waals surface area (Å²) in [7, 11) is 0. The Kier molecular flexibility index (Phi) is 6.58. The van der Waals surface area contributed by atoms with E-state index in [0.29, 0.717) is 22.2 Å². The van der Waals surface area contributed by atoms with Crippen molar-refractivity contribution in [2.45, 2.75) is 5.16 Å². The van der Waals surface area contributed by atoms with Crippen LogP contribution in [0.25, 0.3) is 17.1 Å². The van der Waals surface area contributed by atoms with Crippen LogP contribution in [-0.2, 0) is 4.79 Å². The number of hydrogen-bond acceptors (Lipinski definition) is 5. The molecular weight excluding hydrogens is 425 g/mol. The number of nitriles is 1. The van der Waals surface area contributed by atoms with Gasteiger partial charge in [0.1, 0.15) is 12.4 Å². The largest absolute Gasteiger partial charge is 0.298 e. The van der Waals surface area contributed by atoms with Crippen molar-refractivity contribution in [3.8, 4) is 23.1 Å². The Balaban J connectivity index is 1.65. The van der Waals surface area contributed by atoms with Crippen LogP contribution in [-0.4, -0.2) is 33.0 Å². The predicted octanol–water partition coefficient (Wildman–Crippen LogP) is 4.72. The second-order valence-electron chi connectivity index (χ2n) is 6.72. The van der Waals surface area contributed by atoms with E-state index < -0.39 is 5.82 Å². The van der Waals surface area contributed by atoms with Gasteiger partial charge in [-0.05, 0) is 36.4 Å². The highest BCUT2D eigenvalue weighted by Crippen LogP contribution is 2.29. The van der Waals surface area contributed by atoms with Crippen molar-refractivity contribution in [2.75, 3.05) is 17.2 Å². The van der Waals surface area contributed by atoms with E-state index in [0.717, 1.165) is 5.69 Å². The average molecular weight is 444 g/mol. The SMILES string of the molecule is N#CCN(C(=O)CSc1nnc(-c2ccccc2F)n1-c1ccccc1)c1ccccc1. The van der Waals surface area contributed by atoms with E-state index in [2.05, 4.69) is 10.2 Å². The third-order valence-corrected chi connectivity index (χ3v) is 5.60. The maximum atomic E-state index is 14.5. The maximum absolute atomic E-state index is 14.5. The van der Waals surface area contributed by atoms with Gasteiger partial charge >= 0.3 is 0 Å². The highest BCUT2D eigenvalue weighted by molar-refractivity contribution is 7.99. The van der Waals surface area contributed by atoms with E-state index in [1.54, 1.807) is 34.9 Å². The maximum Gasteiger partial charge on any atom is 0.238 e. The van der Waals surface area contributed by atoms with Crippen LogP contribution >= 0.6 is 11.8 Å². The number of rotatable bonds is 7. The lowest BCUT2D eigenvalue weighted by Crippen LogP contribution is -2.32. The zero-order valence-corrected chi connectivity index (χ0v) is 17.7. The Labute approximate surface area is 188 Å². The lowest BCUT2D eigenvalue weighted by atomic mass is 10.2. The number of para-hydroxylation sites is 2. The lowest BCUT2D eigenvalue weighted by molar-refractivity contribution is -0.116. The number of amides is 1.